The van der Waals surface area contributed by atoms with E-state index in [1.54, 1.807) is 25.1 Å². The molecule has 1 heterocycles. The van der Waals surface area contributed by atoms with Crippen LogP contribution in [0.15, 0.2) is 18.2 Å². The smallest absolute Gasteiger partial charge is 0.341 e. The quantitative estimate of drug-likeness (QED) is 0.624. The molecule has 0 saturated heterocycles. The second-order valence-electron chi connectivity index (χ2n) is 7.27. The van der Waals surface area contributed by atoms with Gasteiger partial charge in [-0.05, 0) is 68.9 Å². The Morgan fingerprint density at radius 2 is 1.90 bits per heavy atom. The molecule has 1 atom stereocenters. The summed E-state index contributed by atoms with van der Waals surface area (Å²) in [7, 11) is 1.37. The summed E-state index contributed by atoms with van der Waals surface area (Å²) in [4.78, 5) is 26.4. The third kappa shape index (κ3) is 5.11. The van der Waals surface area contributed by atoms with E-state index < -0.39 is 12.1 Å². The van der Waals surface area contributed by atoms with Gasteiger partial charge >= 0.3 is 5.97 Å². The van der Waals surface area contributed by atoms with Gasteiger partial charge in [0, 0.05) is 9.90 Å². The van der Waals surface area contributed by atoms with Crippen molar-refractivity contribution < 1.29 is 19.1 Å². The van der Waals surface area contributed by atoms with Gasteiger partial charge in [-0.15, -0.1) is 11.3 Å². The maximum Gasteiger partial charge on any atom is 0.341 e. The topological polar surface area (TPSA) is 64.6 Å². The fourth-order valence-electron chi connectivity index (χ4n) is 3.53. The SMILES string of the molecule is COC(=O)c1c(NC(=O)[C@H](C)Oc2ccc(Cl)cc2C)sc2c1CCCCCC2. The summed E-state index contributed by atoms with van der Waals surface area (Å²) in [5, 5.41) is 4.07. The average Bonchev–Trinajstić information content (AvgIpc) is 2.99. The summed E-state index contributed by atoms with van der Waals surface area (Å²) < 4.78 is 10.8. The number of rotatable bonds is 5. The van der Waals surface area contributed by atoms with Crippen LogP contribution in [0.3, 0.4) is 0 Å². The zero-order chi connectivity index (χ0) is 21.0. The van der Waals surface area contributed by atoms with Crippen molar-refractivity contribution in [2.24, 2.45) is 0 Å². The van der Waals surface area contributed by atoms with Crippen LogP contribution in [0.1, 0.15) is 59.0 Å². The van der Waals surface area contributed by atoms with Crippen molar-refractivity contribution in [3.63, 3.8) is 0 Å². The van der Waals surface area contributed by atoms with Crippen molar-refractivity contribution in [1.82, 2.24) is 0 Å². The number of hydrogen-bond acceptors (Lipinski definition) is 5. The molecule has 156 valence electrons. The van der Waals surface area contributed by atoms with Crippen LogP contribution in [0.2, 0.25) is 5.02 Å². The molecule has 1 aromatic carbocycles. The number of esters is 1. The van der Waals surface area contributed by atoms with E-state index in [4.69, 9.17) is 21.1 Å². The van der Waals surface area contributed by atoms with Gasteiger partial charge in [-0.2, -0.15) is 0 Å². The third-order valence-electron chi connectivity index (χ3n) is 5.11. The number of carbonyl (C=O) groups is 2. The third-order valence-corrected chi connectivity index (χ3v) is 6.55. The zero-order valence-electron chi connectivity index (χ0n) is 17.0. The number of anilines is 1. The Kier molecular flexibility index (Phi) is 7.19. The molecule has 1 aromatic heterocycles. The number of aryl methyl sites for hydroxylation is 2. The van der Waals surface area contributed by atoms with Crippen molar-refractivity contribution in [2.75, 3.05) is 12.4 Å². The summed E-state index contributed by atoms with van der Waals surface area (Å²) in [6, 6.07) is 5.26. The Bertz CT molecular complexity index is 908. The van der Waals surface area contributed by atoms with E-state index >= 15 is 0 Å². The minimum Gasteiger partial charge on any atom is -0.481 e. The number of methoxy groups -OCH3 is 1. The molecule has 1 aliphatic carbocycles. The van der Waals surface area contributed by atoms with Crippen LogP contribution < -0.4 is 10.1 Å². The van der Waals surface area contributed by atoms with Crippen molar-refractivity contribution >= 4 is 39.8 Å². The molecule has 1 N–H and O–H groups in total. The highest BCUT2D eigenvalue weighted by molar-refractivity contribution is 7.17. The first-order chi connectivity index (χ1) is 13.9. The zero-order valence-corrected chi connectivity index (χ0v) is 18.5. The average molecular weight is 436 g/mol. The maximum absolute atomic E-state index is 12.8. The number of amides is 1. The fourth-order valence-corrected chi connectivity index (χ4v) is 5.04. The molecule has 0 spiro atoms. The van der Waals surface area contributed by atoms with Gasteiger partial charge in [-0.3, -0.25) is 4.79 Å². The van der Waals surface area contributed by atoms with Crippen LogP contribution in [-0.2, 0) is 22.4 Å². The van der Waals surface area contributed by atoms with Crippen molar-refractivity contribution in [2.45, 2.75) is 58.5 Å². The minimum absolute atomic E-state index is 0.307. The summed E-state index contributed by atoms with van der Waals surface area (Å²) in [5.41, 5.74) is 2.38. The van der Waals surface area contributed by atoms with Gasteiger partial charge in [-0.1, -0.05) is 24.4 Å². The van der Waals surface area contributed by atoms with Gasteiger partial charge in [0.05, 0.1) is 12.7 Å². The molecule has 1 amide bonds. The van der Waals surface area contributed by atoms with Crippen molar-refractivity contribution in [3.05, 3.63) is 44.8 Å². The molecular formula is C22H26ClNO4S. The summed E-state index contributed by atoms with van der Waals surface area (Å²) in [5.74, 6) is -0.108. The van der Waals surface area contributed by atoms with E-state index in [-0.39, 0.29) is 5.91 Å². The van der Waals surface area contributed by atoms with Crippen LogP contribution in [0.25, 0.3) is 0 Å². The number of benzene rings is 1. The summed E-state index contributed by atoms with van der Waals surface area (Å²) in [6.07, 6.45) is 5.51. The standard InChI is InChI=1S/C22H26ClNO4S/c1-13-12-15(23)10-11-17(13)28-14(2)20(25)24-21-19(22(26)27-3)16-8-6-4-5-7-9-18(16)29-21/h10-12,14H,4-9H2,1-3H3,(H,24,25)/t14-/m0/s1. The van der Waals surface area contributed by atoms with Crippen molar-refractivity contribution in [3.8, 4) is 5.75 Å². The molecule has 0 bridgehead atoms. The Labute approximate surface area is 180 Å². The molecular weight excluding hydrogens is 410 g/mol. The lowest BCUT2D eigenvalue weighted by Crippen LogP contribution is -2.30. The number of nitrogens with one attached hydrogen (secondary N) is 1. The molecule has 0 saturated carbocycles. The van der Waals surface area contributed by atoms with E-state index in [0.29, 0.717) is 21.3 Å². The molecule has 3 rings (SSSR count). The molecule has 0 aliphatic heterocycles. The van der Waals surface area contributed by atoms with Crippen LogP contribution in [-0.4, -0.2) is 25.1 Å². The first kappa shape index (κ1) is 21.7. The summed E-state index contributed by atoms with van der Waals surface area (Å²) >= 11 is 7.46. The van der Waals surface area contributed by atoms with Gasteiger partial charge < -0.3 is 14.8 Å². The maximum atomic E-state index is 12.8. The predicted molar refractivity (Wildman–Crippen MR) is 116 cm³/mol. The molecule has 5 nitrogen and oxygen atoms in total. The second-order valence-corrected chi connectivity index (χ2v) is 8.81. The Morgan fingerprint density at radius 1 is 1.17 bits per heavy atom. The Morgan fingerprint density at radius 3 is 2.59 bits per heavy atom. The van der Waals surface area contributed by atoms with Crippen LogP contribution in [0.4, 0.5) is 5.00 Å². The number of halogens is 1. The number of fused-ring (bicyclic) bond motifs is 1. The molecule has 2 aromatic rings. The molecule has 0 unspecified atom stereocenters. The fraction of sp³-hybridized carbons (Fsp3) is 0.455. The summed E-state index contributed by atoms with van der Waals surface area (Å²) in [6.45, 7) is 3.56. The minimum atomic E-state index is -0.731. The van der Waals surface area contributed by atoms with Crippen molar-refractivity contribution in [1.29, 1.82) is 0 Å². The lowest BCUT2D eigenvalue weighted by molar-refractivity contribution is -0.122. The van der Waals surface area contributed by atoms with Gasteiger partial charge in [0.25, 0.3) is 5.91 Å². The largest absolute Gasteiger partial charge is 0.481 e. The van der Waals surface area contributed by atoms with E-state index in [0.717, 1.165) is 43.2 Å². The lowest BCUT2D eigenvalue weighted by atomic mass is 9.96. The van der Waals surface area contributed by atoms with E-state index in [9.17, 15) is 9.59 Å². The molecule has 1 aliphatic rings. The first-order valence-corrected chi connectivity index (χ1v) is 11.1. The van der Waals surface area contributed by atoms with Crippen LogP contribution in [0, 0.1) is 6.92 Å². The Balaban J connectivity index is 1.81. The number of hydrogen-bond donors (Lipinski definition) is 1. The highest BCUT2D eigenvalue weighted by Crippen LogP contribution is 2.37. The van der Waals surface area contributed by atoms with Gasteiger partial charge in [-0.25, -0.2) is 4.79 Å². The number of ether oxygens (including phenoxy) is 2. The Hall–Kier alpha value is -2.05. The lowest BCUT2D eigenvalue weighted by Gasteiger charge is -2.16. The van der Waals surface area contributed by atoms with Crippen LogP contribution >= 0.6 is 22.9 Å². The normalized spacial score (nSPS) is 14.9. The number of thiophene rings is 1. The van der Waals surface area contributed by atoms with E-state index in [1.807, 2.05) is 6.92 Å². The molecule has 7 heteroatoms. The second kappa shape index (κ2) is 9.63. The molecule has 29 heavy (non-hydrogen) atoms. The van der Waals surface area contributed by atoms with Gasteiger partial charge in [0.2, 0.25) is 0 Å². The van der Waals surface area contributed by atoms with Gasteiger partial charge in [0.1, 0.15) is 10.8 Å². The first-order valence-electron chi connectivity index (χ1n) is 9.87. The van der Waals surface area contributed by atoms with Crippen LogP contribution in [0.5, 0.6) is 5.75 Å². The van der Waals surface area contributed by atoms with E-state index in [2.05, 4.69) is 5.32 Å². The highest BCUT2D eigenvalue weighted by atomic mass is 35.5. The highest BCUT2D eigenvalue weighted by Gasteiger charge is 2.27. The monoisotopic (exact) mass is 435 g/mol. The predicted octanol–water partition coefficient (Wildman–Crippen LogP) is 5.56. The van der Waals surface area contributed by atoms with E-state index in [1.165, 1.54) is 29.7 Å². The molecule has 0 radical (unpaired) electrons. The number of carbonyl (C=O) groups excluding carboxylic acids is 2. The molecule has 0 fully saturated rings. The van der Waals surface area contributed by atoms with Gasteiger partial charge in [0.15, 0.2) is 6.10 Å².